The van der Waals surface area contributed by atoms with Crippen molar-refractivity contribution >= 4 is 11.9 Å². The lowest BCUT2D eigenvalue weighted by molar-refractivity contribution is -0.144. The number of nitrogens with one attached hydrogen (secondary N) is 1. The van der Waals surface area contributed by atoms with Gasteiger partial charge in [0.1, 0.15) is 12.3 Å². The Labute approximate surface area is 128 Å². The molecule has 7 nitrogen and oxygen atoms in total. The summed E-state index contributed by atoms with van der Waals surface area (Å²) in [6.45, 7) is 1.21. The maximum absolute atomic E-state index is 12.4. The van der Waals surface area contributed by atoms with E-state index in [0.29, 0.717) is 6.42 Å². The van der Waals surface area contributed by atoms with Crippen LogP contribution in [0.3, 0.4) is 0 Å². The summed E-state index contributed by atoms with van der Waals surface area (Å²) in [7, 11) is 0. The van der Waals surface area contributed by atoms with Gasteiger partial charge in [-0.3, -0.25) is 14.9 Å². The van der Waals surface area contributed by atoms with Gasteiger partial charge in [-0.25, -0.2) is 0 Å². The Balaban J connectivity index is 2.14. The van der Waals surface area contributed by atoms with Crippen molar-refractivity contribution < 1.29 is 24.9 Å². The highest BCUT2D eigenvalue weighted by molar-refractivity contribution is 5.87. The molecule has 2 rings (SSSR count). The van der Waals surface area contributed by atoms with Crippen LogP contribution in [0.25, 0.3) is 0 Å². The molecule has 0 aliphatic carbocycles. The topological polar surface area (TPSA) is 110 Å². The second kappa shape index (κ2) is 6.76. The normalized spacial score (nSPS) is 22.8. The van der Waals surface area contributed by atoms with Gasteiger partial charge in [-0.05, 0) is 24.1 Å². The monoisotopic (exact) mass is 308 g/mol. The highest BCUT2D eigenvalue weighted by Gasteiger charge is 2.41. The van der Waals surface area contributed by atoms with E-state index in [1.54, 1.807) is 19.1 Å². The first-order valence-electron chi connectivity index (χ1n) is 7.09. The van der Waals surface area contributed by atoms with Gasteiger partial charge in [0, 0.05) is 12.5 Å². The van der Waals surface area contributed by atoms with Crippen LogP contribution < -0.4 is 5.32 Å². The quantitative estimate of drug-likeness (QED) is 0.578. The number of phenols is 1. The van der Waals surface area contributed by atoms with E-state index < -0.39 is 24.7 Å². The van der Waals surface area contributed by atoms with Crippen LogP contribution in [-0.4, -0.2) is 57.5 Å². The van der Waals surface area contributed by atoms with Crippen molar-refractivity contribution in [2.24, 2.45) is 5.92 Å². The lowest BCUT2D eigenvalue weighted by Gasteiger charge is -2.26. The third kappa shape index (κ3) is 3.55. The second-order valence-electron chi connectivity index (χ2n) is 5.55. The first kappa shape index (κ1) is 16.3. The predicted octanol–water partition coefficient (Wildman–Crippen LogP) is -0.226. The van der Waals surface area contributed by atoms with Crippen molar-refractivity contribution in [3.05, 3.63) is 29.8 Å². The van der Waals surface area contributed by atoms with Crippen LogP contribution in [-0.2, 0) is 16.0 Å². The molecular formula is C15H20N2O5. The Morgan fingerprint density at radius 2 is 2.00 bits per heavy atom. The molecule has 0 spiro atoms. The molecule has 1 amide bonds. The van der Waals surface area contributed by atoms with Crippen LogP contribution in [0, 0.1) is 5.92 Å². The van der Waals surface area contributed by atoms with E-state index in [4.69, 9.17) is 5.11 Å². The highest BCUT2D eigenvalue weighted by atomic mass is 16.4. The SMILES string of the molecule is CC(CO)C1NC(Cc2ccc(O)cc2)C(=O)N1CC(=O)O. The first-order valence-corrected chi connectivity index (χ1v) is 7.09. The number of carbonyl (C=O) groups is 2. The van der Waals surface area contributed by atoms with Crippen LogP contribution in [0.2, 0.25) is 0 Å². The van der Waals surface area contributed by atoms with Gasteiger partial charge in [-0.15, -0.1) is 0 Å². The van der Waals surface area contributed by atoms with Gasteiger partial charge in [0.05, 0.1) is 12.2 Å². The number of phenolic OH excluding ortho intramolecular Hbond substituents is 1. The molecule has 7 heteroatoms. The third-order valence-electron chi connectivity index (χ3n) is 3.80. The molecule has 1 aromatic carbocycles. The number of aliphatic hydroxyl groups excluding tert-OH is 1. The minimum atomic E-state index is -1.09. The smallest absolute Gasteiger partial charge is 0.323 e. The van der Waals surface area contributed by atoms with E-state index >= 15 is 0 Å². The Morgan fingerprint density at radius 1 is 1.36 bits per heavy atom. The molecule has 0 radical (unpaired) electrons. The van der Waals surface area contributed by atoms with Crippen molar-refractivity contribution in [1.29, 1.82) is 0 Å². The number of hydrogen-bond acceptors (Lipinski definition) is 5. The third-order valence-corrected chi connectivity index (χ3v) is 3.80. The van der Waals surface area contributed by atoms with Gasteiger partial charge in [-0.1, -0.05) is 19.1 Å². The molecule has 0 aromatic heterocycles. The molecule has 3 atom stereocenters. The summed E-state index contributed by atoms with van der Waals surface area (Å²) < 4.78 is 0. The Hall–Kier alpha value is -2.12. The van der Waals surface area contributed by atoms with Crippen LogP contribution in [0.4, 0.5) is 0 Å². The largest absolute Gasteiger partial charge is 0.508 e. The minimum absolute atomic E-state index is 0.146. The van der Waals surface area contributed by atoms with Gasteiger partial charge < -0.3 is 20.2 Å². The number of carbonyl (C=O) groups excluding carboxylic acids is 1. The lowest BCUT2D eigenvalue weighted by atomic mass is 10.1. The number of aromatic hydroxyl groups is 1. The molecule has 1 fully saturated rings. The van der Waals surface area contributed by atoms with Crippen LogP contribution in [0.1, 0.15) is 12.5 Å². The molecule has 22 heavy (non-hydrogen) atoms. The number of aliphatic carboxylic acids is 1. The van der Waals surface area contributed by atoms with E-state index in [-0.39, 0.29) is 24.2 Å². The van der Waals surface area contributed by atoms with Crippen LogP contribution >= 0.6 is 0 Å². The van der Waals surface area contributed by atoms with E-state index in [2.05, 4.69) is 5.32 Å². The van der Waals surface area contributed by atoms with E-state index in [1.807, 2.05) is 0 Å². The highest BCUT2D eigenvalue weighted by Crippen LogP contribution is 2.21. The van der Waals surface area contributed by atoms with E-state index in [9.17, 15) is 19.8 Å². The van der Waals surface area contributed by atoms with Crippen molar-refractivity contribution in [2.45, 2.75) is 25.6 Å². The fourth-order valence-corrected chi connectivity index (χ4v) is 2.61. The molecule has 1 aromatic rings. The number of carboxylic acids is 1. The molecule has 1 saturated heterocycles. The van der Waals surface area contributed by atoms with Crippen molar-refractivity contribution in [3.63, 3.8) is 0 Å². The average molecular weight is 308 g/mol. The molecule has 0 saturated carbocycles. The molecule has 120 valence electrons. The first-order chi connectivity index (χ1) is 10.4. The van der Waals surface area contributed by atoms with Gasteiger partial charge in [0.25, 0.3) is 0 Å². The molecule has 1 heterocycles. The molecule has 3 unspecified atom stereocenters. The van der Waals surface area contributed by atoms with E-state index in [1.165, 1.54) is 17.0 Å². The Bertz CT molecular complexity index is 545. The minimum Gasteiger partial charge on any atom is -0.508 e. The number of hydrogen-bond donors (Lipinski definition) is 4. The van der Waals surface area contributed by atoms with Gasteiger partial charge in [0.15, 0.2) is 0 Å². The number of aliphatic hydroxyl groups is 1. The average Bonchev–Trinajstić information content (AvgIpc) is 2.77. The van der Waals surface area contributed by atoms with Crippen molar-refractivity contribution in [2.75, 3.05) is 13.2 Å². The summed E-state index contributed by atoms with van der Waals surface area (Å²) in [4.78, 5) is 24.6. The van der Waals surface area contributed by atoms with Crippen molar-refractivity contribution in [1.82, 2.24) is 10.2 Å². The van der Waals surface area contributed by atoms with Crippen molar-refractivity contribution in [3.8, 4) is 5.75 Å². The zero-order valence-electron chi connectivity index (χ0n) is 12.3. The predicted molar refractivity (Wildman–Crippen MR) is 78.1 cm³/mol. The van der Waals surface area contributed by atoms with Crippen LogP contribution in [0.15, 0.2) is 24.3 Å². The Morgan fingerprint density at radius 3 is 2.55 bits per heavy atom. The van der Waals surface area contributed by atoms with E-state index in [0.717, 1.165) is 5.56 Å². The summed E-state index contributed by atoms with van der Waals surface area (Å²) >= 11 is 0. The summed E-state index contributed by atoms with van der Waals surface area (Å²) in [5, 5.41) is 30.6. The Kier molecular flexibility index (Phi) is 4.99. The zero-order valence-corrected chi connectivity index (χ0v) is 12.3. The standard InChI is InChI=1S/C15H20N2O5/c1-9(8-18)14-16-12(15(22)17(14)7-13(20)21)6-10-2-4-11(19)5-3-10/h2-5,9,12,14,16,18-19H,6-8H2,1H3,(H,20,21). The van der Waals surface area contributed by atoms with Gasteiger partial charge in [-0.2, -0.15) is 0 Å². The lowest BCUT2D eigenvalue weighted by Crippen LogP contribution is -2.45. The summed E-state index contributed by atoms with van der Waals surface area (Å²) in [6, 6.07) is 5.97. The molecule has 4 N–H and O–H groups in total. The van der Waals surface area contributed by atoms with Gasteiger partial charge >= 0.3 is 5.97 Å². The van der Waals surface area contributed by atoms with Gasteiger partial charge in [0.2, 0.25) is 5.91 Å². The van der Waals surface area contributed by atoms with Crippen LogP contribution in [0.5, 0.6) is 5.75 Å². The zero-order chi connectivity index (χ0) is 16.3. The number of benzene rings is 1. The maximum Gasteiger partial charge on any atom is 0.323 e. The second-order valence-corrected chi connectivity index (χ2v) is 5.55. The number of nitrogens with zero attached hydrogens (tertiary/aromatic N) is 1. The molecule has 1 aliphatic heterocycles. The summed E-state index contributed by atoms with van der Waals surface area (Å²) in [6.07, 6.45) is -0.111. The summed E-state index contributed by atoms with van der Waals surface area (Å²) in [5.74, 6) is -1.50. The molecular weight excluding hydrogens is 288 g/mol. The maximum atomic E-state index is 12.4. The summed E-state index contributed by atoms with van der Waals surface area (Å²) in [5.41, 5.74) is 0.858. The fourth-order valence-electron chi connectivity index (χ4n) is 2.61. The molecule has 0 bridgehead atoms. The number of rotatable bonds is 6. The number of amides is 1. The number of carboxylic acid groups (broad SMARTS) is 1. The fraction of sp³-hybridized carbons (Fsp3) is 0.467. The molecule has 1 aliphatic rings.